The SMILES string of the molecule is CCCc1ccc(C(=O)Nc2ccc3c(c2)nc(N)n3CCCc2ccccc2)cc1. The molecule has 0 aliphatic rings. The summed E-state index contributed by atoms with van der Waals surface area (Å²) >= 11 is 0. The first kappa shape index (κ1) is 20.7. The van der Waals surface area contributed by atoms with Crippen molar-refractivity contribution in [1.82, 2.24) is 9.55 Å². The van der Waals surface area contributed by atoms with Crippen molar-refractivity contribution in [2.24, 2.45) is 0 Å². The van der Waals surface area contributed by atoms with Crippen molar-refractivity contribution in [3.63, 3.8) is 0 Å². The number of benzene rings is 3. The van der Waals surface area contributed by atoms with Crippen LogP contribution in [0.15, 0.2) is 72.8 Å². The number of imidazole rings is 1. The Morgan fingerprint density at radius 1 is 0.968 bits per heavy atom. The second-order valence-corrected chi connectivity index (χ2v) is 7.82. The van der Waals surface area contributed by atoms with E-state index in [1.165, 1.54) is 11.1 Å². The van der Waals surface area contributed by atoms with Gasteiger partial charge in [0.05, 0.1) is 11.0 Å². The highest BCUT2D eigenvalue weighted by Gasteiger charge is 2.11. The number of anilines is 2. The number of fused-ring (bicyclic) bond motifs is 1. The van der Waals surface area contributed by atoms with Gasteiger partial charge in [-0.2, -0.15) is 0 Å². The van der Waals surface area contributed by atoms with Crippen molar-refractivity contribution < 1.29 is 4.79 Å². The number of aryl methyl sites for hydroxylation is 3. The van der Waals surface area contributed by atoms with E-state index in [1.807, 2.05) is 53.1 Å². The summed E-state index contributed by atoms with van der Waals surface area (Å²) in [5.41, 5.74) is 11.9. The minimum absolute atomic E-state index is 0.127. The predicted molar refractivity (Wildman–Crippen MR) is 127 cm³/mol. The van der Waals surface area contributed by atoms with Gasteiger partial charge in [-0.15, -0.1) is 0 Å². The van der Waals surface area contributed by atoms with E-state index in [9.17, 15) is 4.79 Å². The maximum Gasteiger partial charge on any atom is 0.255 e. The molecule has 0 aliphatic heterocycles. The Labute approximate surface area is 182 Å². The van der Waals surface area contributed by atoms with Crippen LogP contribution in [0.3, 0.4) is 0 Å². The molecule has 3 aromatic carbocycles. The molecule has 0 atom stereocenters. The molecule has 0 saturated heterocycles. The quantitative estimate of drug-likeness (QED) is 0.404. The number of rotatable bonds is 8. The van der Waals surface area contributed by atoms with Gasteiger partial charge in [-0.1, -0.05) is 55.8 Å². The number of nitrogens with two attached hydrogens (primary N) is 1. The van der Waals surface area contributed by atoms with Gasteiger partial charge in [0.25, 0.3) is 5.91 Å². The first-order chi connectivity index (χ1) is 15.1. The summed E-state index contributed by atoms with van der Waals surface area (Å²) in [7, 11) is 0. The molecule has 5 heteroatoms. The van der Waals surface area contributed by atoms with Crippen LogP contribution in [-0.2, 0) is 19.4 Å². The third-order valence-electron chi connectivity index (χ3n) is 5.48. The minimum atomic E-state index is -0.127. The van der Waals surface area contributed by atoms with E-state index in [4.69, 9.17) is 5.73 Å². The van der Waals surface area contributed by atoms with Crippen LogP contribution >= 0.6 is 0 Å². The topological polar surface area (TPSA) is 72.9 Å². The fourth-order valence-electron chi connectivity index (χ4n) is 3.86. The molecule has 3 N–H and O–H groups in total. The standard InChI is InChI=1S/C26H28N4O/c1-2-7-19-11-13-21(14-12-19)25(31)28-22-15-16-24-23(18-22)29-26(27)30(24)17-6-10-20-8-4-3-5-9-20/h3-5,8-9,11-16,18H,2,6-7,10,17H2,1H3,(H2,27,29)(H,28,31). The maximum atomic E-state index is 12.6. The largest absolute Gasteiger partial charge is 0.369 e. The molecule has 1 amide bonds. The summed E-state index contributed by atoms with van der Waals surface area (Å²) in [6.07, 6.45) is 4.08. The summed E-state index contributed by atoms with van der Waals surface area (Å²) < 4.78 is 2.04. The van der Waals surface area contributed by atoms with Gasteiger partial charge in [0.2, 0.25) is 5.95 Å². The monoisotopic (exact) mass is 412 g/mol. The molecule has 31 heavy (non-hydrogen) atoms. The lowest BCUT2D eigenvalue weighted by atomic mass is 10.1. The van der Waals surface area contributed by atoms with Crippen LogP contribution in [0.2, 0.25) is 0 Å². The molecule has 0 spiro atoms. The number of aromatic nitrogens is 2. The lowest BCUT2D eigenvalue weighted by Gasteiger charge is -2.08. The van der Waals surface area contributed by atoms with Crippen molar-refractivity contribution in [3.8, 4) is 0 Å². The van der Waals surface area contributed by atoms with Gasteiger partial charge in [-0.05, 0) is 60.7 Å². The van der Waals surface area contributed by atoms with Crippen LogP contribution in [0.5, 0.6) is 0 Å². The van der Waals surface area contributed by atoms with Crippen molar-refractivity contribution in [3.05, 3.63) is 89.5 Å². The van der Waals surface area contributed by atoms with Gasteiger partial charge in [0.15, 0.2) is 0 Å². The van der Waals surface area contributed by atoms with Gasteiger partial charge < -0.3 is 15.6 Å². The average molecular weight is 413 g/mol. The van der Waals surface area contributed by atoms with Crippen LogP contribution in [0.25, 0.3) is 11.0 Å². The summed E-state index contributed by atoms with van der Waals surface area (Å²) in [6, 6.07) is 24.0. The number of hydrogen-bond donors (Lipinski definition) is 2. The van der Waals surface area contributed by atoms with E-state index in [0.29, 0.717) is 17.2 Å². The van der Waals surface area contributed by atoms with E-state index in [-0.39, 0.29) is 5.91 Å². The van der Waals surface area contributed by atoms with Gasteiger partial charge in [0, 0.05) is 17.8 Å². The van der Waals surface area contributed by atoms with Crippen molar-refractivity contribution in [2.75, 3.05) is 11.1 Å². The van der Waals surface area contributed by atoms with Crippen molar-refractivity contribution in [1.29, 1.82) is 0 Å². The van der Waals surface area contributed by atoms with Gasteiger partial charge in [0.1, 0.15) is 0 Å². The zero-order chi connectivity index (χ0) is 21.6. The Hall–Kier alpha value is -3.60. The molecule has 1 aromatic heterocycles. The van der Waals surface area contributed by atoms with Crippen molar-refractivity contribution in [2.45, 2.75) is 39.2 Å². The van der Waals surface area contributed by atoms with E-state index >= 15 is 0 Å². The Balaban J connectivity index is 1.44. The molecular weight excluding hydrogens is 384 g/mol. The van der Waals surface area contributed by atoms with Crippen LogP contribution in [0, 0.1) is 0 Å². The van der Waals surface area contributed by atoms with E-state index in [2.05, 4.69) is 41.5 Å². The number of carbonyl (C=O) groups excluding carboxylic acids is 1. The average Bonchev–Trinajstić information content (AvgIpc) is 3.09. The lowest BCUT2D eigenvalue weighted by Crippen LogP contribution is -2.11. The Bertz CT molecular complexity index is 1160. The summed E-state index contributed by atoms with van der Waals surface area (Å²) in [5, 5.41) is 2.97. The number of hydrogen-bond acceptors (Lipinski definition) is 3. The number of nitrogens with one attached hydrogen (secondary N) is 1. The van der Waals surface area contributed by atoms with E-state index in [1.54, 1.807) is 0 Å². The molecule has 0 unspecified atom stereocenters. The van der Waals surface area contributed by atoms with E-state index < -0.39 is 0 Å². The molecule has 0 fully saturated rings. The highest BCUT2D eigenvalue weighted by atomic mass is 16.1. The van der Waals surface area contributed by atoms with Crippen molar-refractivity contribution >= 4 is 28.6 Å². The number of carbonyl (C=O) groups is 1. The van der Waals surface area contributed by atoms with Crippen LogP contribution in [0.4, 0.5) is 11.6 Å². The number of nitrogen functional groups attached to an aromatic ring is 1. The van der Waals surface area contributed by atoms with Gasteiger partial charge >= 0.3 is 0 Å². The van der Waals surface area contributed by atoms with Crippen LogP contribution in [-0.4, -0.2) is 15.5 Å². The molecule has 4 aromatic rings. The molecule has 0 aliphatic carbocycles. The highest BCUT2D eigenvalue weighted by molar-refractivity contribution is 6.05. The molecular formula is C26H28N4O. The highest BCUT2D eigenvalue weighted by Crippen LogP contribution is 2.23. The molecule has 0 radical (unpaired) electrons. The summed E-state index contributed by atoms with van der Waals surface area (Å²) in [4.78, 5) is 17.1. The smallest absolute Gasteiger partial charge is 0.255 e. The third-order valence-corrected chi connectivity index (χ3v) is 5.48. The molecule has 0 bridgehead atoms. The van der Waals surface area contributed by atoms with Crippen LogP contribution in [0.1, 0.15) is 41.3 Å². The number of amides is 1. The minimum Gasteiger partial charge on any atom is -0.369 e. The molecule has 158 valence electrons. The maximum absolute atomic E-state index is 12.6. The number of nitrogens with zero attached hydrogens (tertiary/aromatic N) is 2. The predicted octanol–water partition coefficient (Wildman–Crippen LogP) is 5.46. The van der Waals surface area contributed by atoms with Gasteiger partial charge in [-0.25, -0.2) is 4.98 Å². The molecule has 5 nitrogen and oxygen atoms in total. The zero-order valence-electron chi connectivity index (χ0n) is 17.8. The van der Waals surface area contributed by atoms with Gasteiger partial charge in [-0.3, -0.25) is 4.79 Å². The second kappa shape index (κ2) is 9.47. The summed E-state index contributed by atoms with van der Waals surface area (Å²) in [6.45, 7) is 2.95. The fourth-order valence-corrected chi connectivity index (χ4v) is 3.86. The normalized spacial score (nSPS) is 11.0. The Kier molecular flexibility index (Phi) is 6.32. The Morgan fingerprint density at radius 2 is 1.71 bits per heavy atom. The first-order valence-electron chi connectivity index (χ1n) is 10.8. The second-order valence-electron chi connectivity index (χ2n) is 7.82. The zero-order valence-corrected chi connectivity index (χ0v) is 17.8. The first-order valence-corrected chi connectivity index (χ1v) is 10.8. The molecule has 1 heterocycles. The fraction of sp³-hybridized carbons (Fsp3) is 0.231. The molecule has 4 rings (SSSR count). The lowest BCUT2D eigenvalue weighted by molar-refractivity contribution is 0.102. The third kappa shape index (κ3) is 4.94. The summed E-state index contributed by atoms with van der Waals surface area (Å²) in [5.74, 6) is 0.371. The molecule has 0 saturated carbocycles. The van der Waals surface area contributed by atoms with E-state index in [0.717, 1.165) is 43.3 Å². The van der Waals surface area contributed by atoms with Crippen LogP contribution < -0.4 is 11.1 Å². The Morgan fingerprint density at radius 3 is 2.45 bits per heavy atom.